The zero-order chi connectivity index (χ0) is 18.0. The molecule has 1 aliphatic heterocycles. The molecule has 25 heavy (non-hydrogen) atoms. The summed E-state index contributed by atoms with van der Waals surface area (Å²) < 4.78 is 27.0. The van der Waals surface area contributed by atoms with Crippen molar-refractivity contribution in [2.75, 3.05) is 18.0 Å². The van der Waals surface area contributed by atoms with E-state index in [2.05, 4.69) is 5.32 Å². The number of carbonyl (C=O) groups excluding carboxylic acids is 2. The van der Waals surface area contributed by atoms with E-state index in [0.717, 1.165) is 37.8 Å². The molecule has 0 aromatic heterocycles. The van der Waals surface area contributed by atoms with Crippen molar-refractivity contribution in [3.05, 3.63) is 29.8 Å². The zero-order valence-corrected chi connectivity index (χ0v) is 14.0. The van der Waals surface area contributed by atoms with Crippen LogP contribution < -0.4 is 16.0 Å². The maximum Gasteiger partial charge on any atom is 0.227 e. The molecule has 7 heteroatoms. The van der Waals surface area contributed by atoms with Crippen LogP contribution in [0.3, 0.4) is 0 Å². The third-order valence-corrected chi connectivity index (χ3v) is 5.24. The van der Waals surface area contributed by atoms with Crippen LogP contribution >= 0.6 is 0 Å². The molecule has 1 aromatic rings. The lowest BCUT2D eigenvalue weighted by molar-refractivity contribution is -0.127. The minimum absolute atomic E-state index is 0.0131. The van der Waals surface area contributed by atoms with Crippen LogP contribution in [0.4, 0.5) is 14.5 Å². The van der Waals surface area contributed by atoms with E-state index in [-0.39, 0.29) is 42.4 Å². The molecule has 2 aliphatic rings. The maximum absolute atomic E-state index is 13.9. The van der Waals surface area contributed by atoms with Crippen LogP contribution in [-0.4, -0.2) is 30.9 Å². The van der Waals surface area contributed by atoms with Crippen molar-refractivity contribution in [1.82, 2.24) is 5.32 Å². The fourth-order valence-electron chi connectivity index (χ4n) is 3.80. The summed E-state index contributed by atoms with van der Waals surface area (Å²) in [5.41, 5.74) is 5.80. The quantitative estimate of drug-likeness (QED) is 0.871. The summed E-state index contributed by atoms with van der Waals surface area (Å²) in [6.07, 6.45) is 4.09. The van der Waals surface area contributed by atoms with Gasteiger partial charge in [-0.1, -0.05) is 12.8 Å². The average molecular weight is 351 g/mol. The Morgan fingerprint density at radius 3 is 2.76 bits per heavy atom. The molecular formula is C18H23F2N3O2. The highest BCUT2D eigenvalue weighted by atomic mass is 19.1. The molecule has 2 amide bonds. The number of nitrogens with two attached hydrogens (primary N) is 1. The Morgan fingerprint density at radius 1 is 1.28 bits per heavy atom. The van der Waals surface area contributed by atoms with Crippen LogP contribution in [0.1, 0.15) is 32.1 Å². The minimum atomic E-state index is -0.801. The van der Waals surface area contributed by atoms with E-state index >= 15 is 0 Å². The van der Waals surface area contributed by atoms with Gasteiger partial charge in [0.1, 0.15) is 11.6 Å². The number of hydrogen-bond acceptors (Lipinski definition) is 3. The highest BCUT2D eigenvalue weighted by Gasteiger charge is 2.37. The second-order valence-electron chi connectivity index (χ2n) is 6.90. The lowest BCUT2D eigenvalue weighted by atomic mass is 9.84. The van der Waals surface area contributed by atoms with E-state index < -0.39 is 17.6 Å². The number of rotatable bonds is 4. The van der Waals surface area contributed by atoms with Crippen molar-refractivity contribution >= 4 is 17.5 Å². The molecule has 1 aromatic carbocycles. The van der Waals surface area contributed by atoms with E-state index in [1.165, 1.54) is 11.0 Å². The molecule has 1 saturated heterocycles. The lowest BCUT2D eigenvalue weighted by Crippen LogP contribution is -2.47. The predicted molar refractivity (Wildman–Crippen MR) is 89.8 cm³/mol. The van der Waals surface area contributed by atoms with Gasteiger partial charge in [0, 0.05) is 25.1 Å². The minimum Gasteiger partial charge on any atom is -0.353 e. The van der Waals surface area contributed by atoms with Gasteiger partial charge in [-0.2, -0.15) is 0 Å². The van der Waals surface area contributed by atoms with Gasteiger partial charge < -0.3 is 16.0 Å². The number of nitrogens with one attached hydrogen (secondary N) is 1. The topological polar surface area (TPSA) is 75.4 Å². The van der Waals surface area contributed by atoms with Gasteiger partial charge in [0.2, 0.25) is 11.8 Å². The third-order valence-electron chi connectivity index (χ3n) is 5.24. The van der Waals surface area contributed by atoms with Crippen LogP contribution in [-0.2, 0) is 9.59 Å². The molecular weight excluding hydrogens is 328 g/mol. The summed E-state index contributed by atoms with van der Waals surface area (Å²) in [5, 5.41) is 3.03. The largest absolute Gasteiger partial charge is 0.353 e. The van der Waals surface area contributed by atoms with E-state index in [9.17, 15) is 18.4 Å². The normalized spacial score (nSPS) is 26.8. The molecule has 3 unspecified atom stereocenters. The standard InChI is InChI=1S/C18H23F2N3O2/c19-13-5-6-16(14(20)8-13)23-10-12(7-17(23)24)18(25)22-15-4-2-1-3-11(15)9-21/h5-6,8,11-12,15H,1-4,7,9-10,21H2,(H,22,25). The van der Waals surface area contributed by atoms with Crippen molar-refractivity contribution in [2.45, 2.75) is 38.1 Å². The molecule has 1 saturated carbocycles. The Labute approximate surface area is 145 Å². The maximum atomic E-state index is 13.9. The Kier molecular flexibility index (Phi) is 5.32. The van der Waals surface area contributed by atoms with Gasteiger partial charge in [0.05, 0.1) is 11.6 Å². The van der Waals surface area contributed by atoms with Gasteiger partial charge in [-0.05, 0) is 37.4 Å². The molecule has 3 N–H and O–H groups in total. The Bertz CT molecular complexity index is 668. The van der Waals surface area contributed by atoms with E-state index in [4.69, 9.17) is 5.73 Å². The summed E-state index contributed by atoms with van der Waals surface area (Å²) in [5.74, 6) is -2.29. The van der Waals surface area contributed by atoms with Crippen LogP contribution in [0.25, 0.3) is 0 Å². The number of anilines is 1. The van der Waals surface area contributed by atoms with Gasteiger partial charge in [-0.3, -0.25) is 9.59 Å². The average Bonchev–Trinajstić information content (AvgIpc) is 2.97. The van der Waals surface area contributed by atoms with Gasteiger partial charge in [0.15, 0.2) is 0 Å². The van der Waals surface area contributed by atoms with Crippen molar-refractivity contribution < 1.29 is 18.4 Å². The summed E-state index contributed by atoms with van der Waals surface area (Å²) >= 11 is 0. The Morgan fingerprint density at radius 2 is 2.04 bits per heavy atom. The fraction of sp³-hybridized carbons (Fsp3) is 0.556. The molecule has 1 aliphatic carbocycles. The van der Waals surface area contributed by atoms with Gasteiger partial charge in [-0.25, -0.2) is 8.78 Å². The van der Waals surface area contributed by atoms with Gasteiger partial charge >= 0.3 is 0 Å². The van der Waals surface area contributed by atoms with E-state index in [1.54, 1.807) is 0 Å². The zero-order valence-electron chi connectivity index (χ0n) is 14.0. The number of carbonyl (C=O) groups is 2. The Balaban J connectivity index is 1.66. The van der Waals surface area contributed by atoms with Crippen LogP contribution in [0.15, 0.2) is 18.2 Å². The smallest absolute Gasteiger partial charge is 0.227 e. The fourth-order valence-corrected chi connectivity index (χ4v) is 3.80. The van der Waals surface area contributed by atoms with Gasteiger partial charge in [-0.15, -0.1) is 0 Å². The molecule has 0 spiro atoms. The SMILES string of the molecule is NCC1CCCCC1NC(=O)C1CC(=O)N(c2ccc(F)cc2F)C1. The first-order chi connectivity index (χ1) is 12.0. The second-order valence-corrected chi connectivity index (χ2v) is 6.90. The number of nitrogens with zero attached hydrogens (tertiary/aromatic N) is 1. The summed E-state index contributed by atoms with van der Waals surface area (Å²) in [6.45, 7) is 0.634. The number of benzene rings is 1. The molecule has 3 atom stereocenters. The molecule has 136 valence electrons. The molecule has 3 rings (SSSR count). The predicted octanol–water partition coefficient (Wildman–Crippen LogP) is 1.95. The molecule has 0 radical (unpaired) electrons. The molecule has 5 nitrogen and oxygen atoms in total. The van der Waals surface area contributed by atoms with Crippen LogP contribution in [0, 0.1) is 23.5 Å². The highest BCUT2D eigenvalue weighted by Crippen LogP contribution is 2.29. The Hall–Kier alpha value is -2.02. The second kappa shape index (κ2) is 7.47. The van der Waals surface area contributed by atoms with E-state index in [0.29, 0.717) is 6.54 Å². The first-order valence-electron chi connectivity index (χ1n) is 8.75. The lowest BCUT2D eigenvalue weighted by Gasteiger charge is -2.32. The van der Waals surface area contributed by atoms with Crippen LogP contribution in [0.2, 0.25) is 0 Å². The number of halogens is 2. The monoisotopic (exact) mass is 351 g/mol. The first-order valence-corrected chi connectivity index (χ1v) is 8.75. The summed E-state index contributed by atoms with van der Waals surface area (Å²) in [7, 11) is 0. The van der Waals surface area contributed by atoms with Crippen molar-refractivity contribution in [3.63, 3.8) is 0 Å². The van der Waals surface area contributed by atoms with Crippen molar-refractivity contribution in [3.8, 4) is 0 Å². The molecule has 2 fully saturated rings. The van der Waals surface area contributed by atoms with Gasteiger partial charge in [0.25, 0.3) is 0 Å². The number of amides is 2. The van der Waals surface area contributed by atoms with Crippen molar-refractivity contribution in [1.29, 1.82) is 0 Å². The van der Waals surface area contributed by atoms with Crippen LogP contribution in [0.5, 0.6) is 0 Å². The molecule has 0 bridgehead atoms. The third kappa shape index (κ3) is 3.81. The summed E-state index contributed by atoms with van der Waals surface area (Å²) in [6, 6.07) is 3.11. The van der Waals surface area contributed by atoms with Crippen molar-refractivity contribution in [2.24, 2.45) is 17.6 Å². The number of hydrogen-bond donors (Lipinski definition) is 2. The van der Waals surface area contributed by atoms with E-state index in [1.807, 2.05) is 0 Å². The summed E-state index contributed by atoms with van der Waals surface area (Å²) in [4.78, 5) is 26.0. The molecule has 1 heterocycles. The highest BCUT2D eigenvalue weighted by molar-refractivity contribution is 6.00. The first kappa shape index (κ1) is 17.8.